The molecule has 4 aliphatic heterocycles. The molecule has 0 saturated carbocycles. The molecule has 3 aromatic rings. The van der Waals surface area contributed by atoms with Crippen LogP contribution in [0.2, 0.25) is 0 Å². The molecule has 2 fully saturated rings. The number of anilines is 1. The van der Waals surface area contributed by atoms with Crippen LogP contribution in [0.4, 0.5) is 10.5 Å². The zero-order chi connectivity index (χ0) is 32.0. The molecule has 1 aliphatic carbocycles. The molecule has 8 rings (SSSR count). The first-order valence-corrected chi connectivity index (χ1v) is 14.9. The number of aliphatic imine (C=N–C) groups is 2. The second-order valence-corrected chi connectivity index (χ2v) is 12.1. The van der Waals surface area contributed by atoms with Gasteiger partial charge in [0.25, 0.3) is 11.8 Å². The number of urea groups is 1. The van der Waals surface area contributed by atoms with Gasteiger partial charge in [-0.15, -0.1) is 0 Å². The molecule has 14 heteroatoms. The first kappa shape index (κ1) is 28.0. The Balaban J connectivity index is 1.07. The van der Waals surface area contributed by atoms with Crippen molar-refractivity contribution in [1.29, 1.82) is 0 Å². The van der Waals surface area contributed by atoms with Crippen LogP contribution in [0, 0.1) is 0 Å². The number of hydrogen-bond donors (Lipinski definition) is 6. The molecular weight excluding hydrogens is 590 g/mol. The molecule has 5 aliphatic rings. The molecule has 4 heterocycles. The molecule has 0 aromatic heterocycles. The van der Waals surface area contributed by atoms with Crippen molar-refractivity contribution in [2.24, 2.45) is 21.5 Å². The van der Waals surface area contributed by atoms with Gasteiger partial charge in [0.1, 0.15) is 18.6 Å². The second kappa shape index (κ2) is 9.76. The van der Waals surface area contributed by atoms with E-state index >= 15 is 0 Å². The van der Waals surface area contributed by atoms with E-state index in [1.165, 1.54) is 9.80 Å². The van der Waals surface area contributed by atoms with Gasteiger partial charge in [-0.1, -0.05) is 54.6 Å². The van der Waals surface area contributed by atoms with E-state index in [1.54, 1.807) is 36.4 Å². The molecular formula is C32H31N9O5. The number of aliphatic hydroxyl groups is 2. The second-order valence-electron chi connectivity index (χ2n) is 12.1. The highest BCUT2D eigenvalue weighted by Crippen LogP contribution is 2.45. The zero-order valence-corrected chi connectivity index (χ0v) is 24.5. The van der Waals surface area contributed by atoms with Crippen LogP contribution in [-0.4, -0.2) is 99.0 Å². The highest BCUT2D eigenvalue weighted by Gasteiger charge is 2.73. The van der Waals surface area contributed by atoms with E-state index in [0.717, 1.165) is 27.2 Å². The normalized spacial score (nSPS) is 27.0. The fraction of sp³-hybridized carbons (Fsp3) is 0.281. The number of fused-ring (bicyclic) bond motifs is 3. The average Bonchev–Trinajstić information content (AvgIpc) is 3.75. The van der Waals surface area contributed by atoms with Crippen molar-refractivity contribution in [3.8, 4) is 11.1 Å². The Kier molecular flexibility index (Phi) is 5.95. The lowest BCUT2D eigenvalue weighted by molar-refractivity contribution is -0.230. The number of carbonyl (C=O) groups is 3. The van der Waals surface area contributed by atoms with Crippen molar-refractivity contribution in [2.75, 3.05) is 24.5 Å². The van der Waals surface area contributed by atoms with Crippen LogP contribution in [0.3, 0.4) is 0 Å². The molecule has 46 heavy (non-hydrogen) atoms. The first-order valence-electron chi connectivity index (χ1n) is 14.9. The molecule has 0 radical (unpaired) electrons. The average molecular weight is 622 g/mol. The summed E-state index contributed by atoms with van der Waals surface area (Å²) in [6.07, 6.45) is 0.574. The number of nitrogens with one attached hydrogen (secondary N) is 2. The Morgan fingerprint density at radius 3 is 2.52 bits per heavy atom. The number of guanidine groups is 2. The summed E-state index contributed by atoms with van der Waals surface area (Å²) in [5.74, 6) is -3.79. The molecule has 0 unspecified atom stereocenters. The SMILES string of the molecule is NC1=N[C@H]2[C@H](CN3C(=O)CN(c4ccccc4)C3=O)N=C(N)N3C[C@H](NC(=O)c4cccc5c4Cc4ccccc4-5)C(O)(O)[C@]23N1. The summed E-state index contributed by atoms with van der Waals surface area (Å²) in [5, 5.41) is 29.5. The van der Waals surface area contributed by atoms with Gasteiger partial charge in [-0.2, -0.15) is 0 Å². The third kappa shape index (κ3) is 3.80. The van der Waals surface area contributed by atoms with E-state index in [9.17, 15) is 24.6 Å². The molecule has 2 saturated heterocycles. The van der Waals surface area contributed by atoms with Gasteiger partial charge in [0.05, 0.1) is 12.6 Å². The molecule has 4 atom stereocenters. The standard InChI is InChI=1S/C32H31N9O5/c33-28-37-26-23(14-40-25(42)16-39(30(40)44)18-8-2-1-3-9-18)35-29(34)41-15-24(32(45,46)31(26,41)38-28)36-27(43)21-12-6-11-20-19-10-5-4-7-17(19)13-22(20)21/h1-12,23-24,26,45-46H,13-16H2,(H2,34,35)(H,36,43)(H3,33,37,38)/t23-,24-,26-,31-/m0/s1. The Morgan fingerprint density at radius 1 is 0.978 bits per heavy atom. The summed E-state index contributed by atoms with van der Waals surface area (Å²) < 4.78 is 0. The lowest BCUT2D eigenvalue weighted by Gasteiger charge is -2.49. The minimum atomic E-state index is -2.67. The number of benzene rings is 3. The van der Waals surface area contributed by atoms with Crippen LogP contribution in [0.5, 0.6) is 0 Å². The Hall–Kier alpha value is -5.47. The summed E-state index contributed by atoms with van der Waals surface area (Å²) >= 11 is 0. The molecule has 14 nitrogen and oxygen atoms in total. The third-order valence-corrected chi connectivity index (χ3v) is 9.70. The van der Waals surface area contributed by atoms with Crippen LogP contribution < -0.4 is 27.0 Å². The maximum absolute atomic E-state index is 13.8. The van der Waals surface area contributed by atoms with Gasteiger partial charge in [-0.05, 0) is 46.9 Å². The zero-order valence-electron chi connectivity index (χ0n) is 24.5. The lowest BCUT2D eigenvalue weighted by atomic mass is 9.84. The van der Waals surface area contributed by atoms with Crippen LogP contribution in [-0.2, 0) is 11.2 Å². The van der Waals surface area contributed by atoms with E-state index in [-0.39, 0.29) is 31.6 Å². The van der Waals surface area contributed by atoms with E-state index in [0.29, 0.717) is 17.7 Å². The Labute approximate surface area is 263 Å². The van der Waals surface area contributed by atoms with Gasteiger partial charge in [-0.3, -0.25) is 19.4 Å². The number of rotatable bonds is 5. The van der Waals surface area contributed by atoms with E-state index in [2.05, 4.69) is 20.6 Å². The minimum Gasteiger partial charge on any atom is -0.370 e. The van der Waals surface area contributed by atoms with Gasteiger partial charge >= 0.3 is 6.03 Å². The highest BCUT2D eigenvalue weighted by atomic mass is 16.5. The van der Waals surface area contributed by atoms with Gasteiger partial charge in [0, 0.05) is 17.8 Å². The number of carbonyl (C=O) groups excluding carboxylic acids is 3. The Morgan fingerprint density at radius 2 is 1.72 bits per heavy atom. The molecule has 3 aromatic carbocycles. The van der Waals surface area contributed by atoms with Crippen molar-refractivity contribution in [3.63, 3.8) is 0 Å². The monoisotopic (exact) mass is 621 g/mol. The number of para-hydroxylation sites is 1. The lowest BCUT2D eigenvalue weighted by Crippen LogP contribution is -2.78. The van der Waals surface area contributed by atoms with E-state index in [4.69, 9.17) is 11.5 Å². The summed E-state index contributed by atoms with van der Waals surface area (Å²) in [5.41, 5.74) is 15.7. The van der Waals surface area contributed by atoms with E-state index in [1.807, 2.05) is 36.4 Å². The number of nitrogens with two attached hydrogens (primary N) is 2. The number of imide groups is 1. The fourth-order valence-corrected chi connectivity index (χ4v) is 7.56. The van der Waals surface area contributed by atoms with Crippen molar-refractivity contribution in [2.45, 2.75) is 36.0 Å². The topological polar surface area (TPSA) is 202 Å². The number of amides is 4. The first-order chi connectivity index (χ1) is 22.1. The summed E-state index contributed by atoms with van der Waals surface area (Å²) in [4.78, 5) is 53.0. The molecule has 1 spiro atoms. The summed E-state index contributed by atoms with van der Waals surface area (Å²) in [7, 11) is 0. The summed E-state index contributed by atoms with van der Waals surface area (Å²) in [6, 6.07) is 18.4. The van der Waals surface area contributed by atoms with Crippen LogP contribution in [0.15, 0.2) is 82.8 Å². The minimum absolute atomic E-state index is 0.0852. The Bertz CT molecular complexity index is 1880. The van der Waals surface area contributed by atoms with Crippen LogP contribution in [0.25, 0.3) is 11.1 Å². The fourth-order valence-electron chi connectivity index (χ4n) is 7.56. The smallest absolute Gasteiger partial charge is 0.331 e. The van der Waals surface area contributed by atoms with Crippen molar-refractivity contribution in [1.82, 2.24) is 20.4 Å². The largest absolute Gasteiger partial charge is 0.370 e. The van der Waals surface area contributed by atoms with Crippen molar-refractivity contribution >= 4 is 35.5 Å². The maximum atomic E-state index is 13.8. The molecule has 234 valence electrons. The predicted molar refractivity (Wildman–Crippen MR) is 167 cm³/mol. The van der Waals surface area contributed by atoms with Crippen LogP contribution >= 0.6 is 0 Å². The van der Waals surface area contributed by atoms with Gasteiger partial charge in [0.15, 0.2) is 17.6 Å². The van der Waals surface area contributed by atoms with Crippen LogP contribution in [0.1, 0.15) is 21.5 Å². The molecule has 4 amide bonds. The molecule has 0 bridgehead atoms. The highest BCUT2D eigenvalue weighted by molar-refractivity contribution is 6.12. The van der Waals surface area contributed by atoms with Gasteiger partial charge in [0.2, 0.25) is 5.79 Å². The number of nitrogens with zero attached hydrogens (tertiary/aromatic N) is 5. The number of hydrogen-bond acceptors (Lipinski definition) is 11. The van der Waals surface area contributed by atoms with Crippen molar-refractivity contribution in [3.05, 3.63) is 89.5 Å². The third-order valence-electron chi connectivity index (χ3n) is 9.70. The quantitative estimate of drug-likeness (QED) is 0.125. The maximum Gasteiger partial charge on any atom is 0.331 e. The molecule has 8 N–H and O–H groups in total. The van der Waals surface area contributed by atoms with Gasteiger partial charge in [-0.25, -0.2) is 14.8 Å². The van der Waals surface area contributed by atoms with Crippen molar-refractivity contribution < 1.29 is 24.6 Å². The van der Waals surface area contributed by atoms with E-state index < -0.39 is 47.4 Å². The summed E-state index contributed by atoms with van der Waals surface area (Å²) in [6.45, 7) is -0.525. The predicted octanol–water partition coefficient (Wildman–Crippen LogP) is -0.499. The van der Waals surface area contributed by atoms with Gasteiger partial charge < -0.3 is 37.2 Å².